The number of alkyl halides is 2. The molecule has 0 saturated carbocycles. The Morgan fingerprint density at radius 1 is 0.947 bits per heavy atom. The fourth-order valence-electron chi connectivity index (χ4n) is 5.32. The number of piperazine rings is 1. The Bertz CT molecular complexity index is 1450. The Morgan fingerprint density at radius 2 is 1.68 bits per heavy atom. The summed E-state index contributed by atoms with van der Waals surface area (Å²) in [5.41, 5.74) is 4.38. The summed E-state index contributed by atoms with van der Waals surface area (Å²) in [4.78, 5) is 29.0. The van der Waals surface area contributed by atoms with Crippen LogP contribution in [-0.2, 0) is 17.8 Å². The highest BCUT2D eigenvalue weighted by Crippen LogP contribution is 2.35. The third-order valence-corrected chi connectivity index (χ3v) is 7.40. The van der Waals surface area contributed by atoms with E-state index in [0.717, 1.165) is 27.6 Å². The Kier molecular flexibility index (Phi) is 7.31. The molecule has 4 aromatic rings. The first-order valence-electron chi connectivity index (χ1n) is 12.9. The van der Waals surface area contributed by atoms with Crippen LogP contribution in [0.1, 0.15) is 51.3 Å². The fourth-order valence-corrected chi connectivity index (χ4v) is 5.32. The van der Waals surface area contributed by atoms with Gasteiger partial charge in [0.15, 0.2) is 5.76 Å². The maximum atomic E-state index is 14.6. The second-order valence-corrected chi connectivity index (χ2v) is 9.85. The van der Waals surface area contributed by atoms with E-state index in [1.165, 1.54) is 6.26 Å². The molecule has 0 aliphatic carbocycles. The van der Waals surface area contributed by atoms with Crippen molar-refractivity contribution in [3.8, 4) is 0 Å². The summed E-state index contributed by atoms with van der Waals surface area (Å²) in [5, 5.41) is 0.759. The number of amides is 2. The minimum absolute atomic E-state index is 0.0197. The van der Waals surface area contributed by atoms with Gasteiger partial charge in [0.25, 0.3) is 12.3 Å². The van der Waals surface area contributed by atoms with Crippen LogP contribution in [0.25, 0.3) is 10.9 Å². The summed E-state index contributed by atoms with van der Waals surface area (Å²) < 4.78 is 36.0. The number of benzene rings is 2. The van der Waals surface area contributed by atoms with E-state index in [0.29, 0.717) is 38.3 Å². The molecule has 0 bridgehead atoms. The average molecular weight is 520 g/mol. The smallest absolute Gasteiger partial charge is 0.289 e. The lowest BCUT2D eigenvalue weighted by Gasteiger charge is -2.34. The number of halogens is 2. The number of rotatable bonds is 7. The first kappa shape index (κ1) is 25.7. The average Bonchev–Trinajstić information content (AvgIpc) is 3.56. The molecule has 0 atom stereocenters. The molecule has 5 rings (SSSR count). The summed E-state index contributed by atoms with van der Waals surface area (Å²) in [6, 6.07) is 16.8. The van der Waals surface area contributed by atoms with Crippen LogP contribution in [0.15, 0.2) is 65.3 Å². The van der Waals surface area contributed by atoms with Crippen LogP contribution in [0.3, 0.4) is 0 Å². The second kappa shape index (κ2) is 10.8. The Hall–Kier alpha value is -3.94. The van der Waals surface area contributed by atoms with Gasteiger partial charge in [0.05, 0.1) is 12.0 Å². The van der Waals surface area contributed by atoms with Gasteiger partial charge in [-0.3, -0.25) is 9.59 Å². The van der Waals surface area contributed by atoms with Crippen LogP contribution >= 0.6 is 0 Å². The SMILES string of the molecule is Cc1ccc(C)c(Cn2c(C(F)F)c(CCC(=O)N3CCN(C(=O)c4ccco4)CC3)c3ccccc32)c1. The van der Waals surface area contributed by atoms with Gasteiger partial charge >= 0.3 is 0 Å². The number of fused-ring (bicyclic) bond motifs is 1. The molecule has 8 heteroatoms. The summed E-state index contributed by atoms with van der Waals surface area (Å²) in [7, 11) is 0. The molecule has 38 heavy (non-hydrogen) atoms. The molecule has 1 aliphatic rings. The van der Waals surface area contributed by atoms with Crippen molar-refractivity contribution in [3.63, 3.8) is 0 Å². The van der Waals surface area contributed by atoms with Crippen molar-refractivity contribution in [1.82, 2.24) is 14.4 Å². The third-order valence-electron chi connectivity index (χ3n) is 7.40. The van der Waals surface area contributed by atoms with Gasteiger partial charge in [0, 0.05) is 50.0 Å². The van der Waals surface area contributed by atoms with Crippen LogP contribution in [0.2, 0.25) is 0 Å². The largest absolute Gasteiger partial charge is 0.459 e. The predicted molar refractivity (Wildman–Crippen MR) is 141 cm³/mol. The maximum absolute atomic E-state index is 14.6. The molecular weight excluding hydrogens is 488 g/mol. The molecular formula is C30H31F2N3O3. The van der Waals surface area contributed by atoms with Gasteiger partial charge < -0.3 is 18.8 Å². The Morgan fingerprint density at radius 3 is 2.39 bits per heavy atom. The molecule has 0 radical (unpaired) electrons. The van der Waals surface area contributed by atoms with Crippen molar-refractivity contribution < 1.29 is 22.8 Å². The van der Waals surface area contributed by atoms with Gasteiger partial charge in [-0.1, -0.05) is 42.0 Å². The predicted octanol–water partition coefficient (Wildman–Crippen LogP) is 5.75. The fraction of sp³-hybridized carbons (Fsp3) is 0.333. The number of aryl methyl sites for hydroxylation is 3. The lowest BCUT2D eigenvalue weighted by molar-refractivity contribution is -0.132. The van der Waals surface area contributed by atoms with Crippen LogP contribution in [0.4, 0.5) is 8.78 Å². The Balaban J connectivity index is 1.33. The van der Waals surface area contributed by atoms with Gasteiger partial charge in [0.2, 0.25) is 5.91 Å². The molecule has 1 aliphatic heterocycles. The highest BCUT2D eigenvalue weighted by Gasteiger charge is 2.28. The Labute approximate surface area is 220 Å². The van der Waals surface area contributed by atoms with Crippen LogP contribution in [-0.4, -0.2) is 52.4 Å². The number of hydrogen-bond acceptors (Lipinski definition) is 3. The van der Waals surface area contributed by atoms with Crippen molar-refractivity contribution in [2.24, 2.45) is 0 Å². The summed E-state index contributed by atoms with van der Waals surface area (Å²) in [5.74, 6) is -0.0106. The number of carbonyl (C=O) groups is 2. The molecule has 2 aromatic heterocycles. The van der Waals surface area contributed by atoms with E-state index >= 15 is 0 Å². The zero-order valence-electron chi connectivity index (χ0n) is 21.6. The van der Waals surface area contributed by atoms with Gasteiger partial charge in [-0.15, -0.1) is 0 Å². The van der Waals surface area contributed by atoms with Crippen LogP contribution < -0.4 is 0 Å². The second-order valence-electron chi connectivity index (χ2n) is 9.85. The standard InChI is InChI=1S/C30H31F2N3O3/c1-20-9-10-21(2)22(18-20)19-35-25-7-4-3-6-23(25)24(28(35)29(31)32)11-12-27(36)33-13-15-34(16-14-33)30(37)26-8-5-17-38-26/h3-10,17-18,29H,11-16,19H2,1-2H3. The van der Waals surface area contributed by atoms with Crippen LogP contribution in [0.5, 0.6) is 0 Å². The van der Waals surface area contributed by atoms with Crippen molar-refractivity contribution in [2.75, 3.05) is 26.2 Å². The number of carbonyl (C=O) groups excluding carboxylic acids is 2. The highest BCUT2D eigenvalue weighted by molar-refractivity contribution is 5.91. The lowest BCUT2D eigenvalue weighted by Crippen LogP contribution is -2.50. The summed E-state index contributed by atoms with van der Waals surface area (Å²) >= 11 is 0. The summed E-state index contributed by atoms with van der Waals surface area (Å²) in [6.07, 6.45) is -0.860. The van der Waals surface area contributed by atoms with Gasteiger partial charge in [-0.25, -0.2) is 8.78 Å². The molecule has 2 aromatic carbocycles. The van der Waals surface area contributed by atoms with Gasteiger partial charge in [0.1, 0.15) is 0 Å². The summed E-state index contributed by atoms with van der Waals surface area (Å²) in [6.45, 7) is 5.94. The number of furan rings is 1. The van der Waals surface area contributed by atoms with E-state index in [9.17, 15) is 18.4 Å². The molecule has 3 heterocycles. The van der Waals surface area contributed by atoms with Crippen molar-refractivity contribution in [3.05, 3.63) is 94.6 Å². The minimum atomic E-state index is -2.67. The van der Waals surface area contributed by atoms with E-state index in [2.05, 4.69) is 0 Å². The number of nitrogens with zero attached hydrogens (tertiary/aromatic N) is 3. The highest BCUT2D eigenvalue weighted by atomic mass is 19.3. The molecule has 0 unspecified atom stereocenters. The van der Waals surface area contributed by atoms with Crippen molar-refractivity contribution >= 4 is 22.7 Å². The van der Waals surface area contributed by atoms with Gasteiger partial charge in [-0.2, -0.15) is 0 Å². The topological polar surface area (TPSA) is 58.7 Å². The number of para-hydroxylation sites is 1. The maximum Gasteiger partial charge on any atom is 0.289 e. The number of aromatic nitrogens is 1. The molecule has 1 saturated heterocycles. The monoisotopic (exact) mass is 519 g/mol. The molecule has 198 valence electrons. The first-order chi connectivity index (χ1) is 18.3. The van der Waals surface area contributed by atoms with Crippen molar-refractivity contribution in [2.45, 2.75) is 39.7 Å². The zero-order chi connectivity index (χ0) is 26.8. The minimum Gasteiger partial charge on any atom is -0.459 e. The van der Waals surface area contributed by atoms with E-state index in [4.69, 9.17) is 4.42 Å². The number of hydrogen-bond donors (Lipinski definition) is 0. The zero-order valence-corrected chi connectivity index (χ0v) is 21.6. The van der Waals surface area contributed by atoms with E-state index in [1.54, 1.807) is 26.5 Å². The van der Waals surface area contributed by atoms with Crippen LogP contribution in [0, 0.1) is 13.8 Å². The van der Waals surface area contributed by atoms with E-state index in [1.807, 2.05) is 56.3 Å². The molecule has 0 spiro atoms. The quantitative estimate of drug-likeness (QED) is 0.312. The molecule has 1 fully saturated rings. The third kappa shape index (κ3) is 5.08. The van der Waals surface area contributed by atoms with Gasteiger partial charge in [-0.05, 0) is 55.2 Å². The molecule has 6 nitrogen and oxygen atoms in total. The normalized spacial score (nSPS) is 14.0. The molecule has 2 amide bonds. The molecule has 0 N–H and O–H groups in total. The van der Waals surface area contributed by atoms with E-state index in [-0.39, 0.29) is 36.1 Å². The van der Waals surface area contributed by atoms with Crippen molar-refractivity contribution in [1.29, 1.82) is 0 Å². The van der Waals surface area contributed by atoms with E-state index < -0.39 is 6.43 Å². The lowest BCUT2D eigenvalue weighted by atomic mass is 10.0. The first-order valence-corrected chi connectivity index (χ1v) is 12.9.